The lowest BCUT2D eigenvalue weighted by Crippen LogP contribution is -2.24. The zero-order valence-electron chi connectivity index (χ0n) is 13.5. The van der Waals surface area contributed by atoms with Gasteiger partial charge in [-0.15, -0.1) is 0 Å². The third-order valence-corrected chi connectivity index (χ3v) is 4.79. The number of hydrogen-bond acceptors (Lipinski definition) is 3. The number of hydrogen-bond donors (Lipinski definition) is 1. The number of methoxy groups -OCH3 is 2. The molecule has 118 valence electrons. The third-order valence-electron chi connectivity index (χ3n) is 4.79. The third kappa shape index (κ3) is 3.70. The summed E-state index contributed by atoms with van der Waals surface area (Å²) in [5, 5.41) is 11.1. The Morgan fingerprint density at radius 3 is 2.57 bits per heavy atom. The van der Waals surface area contributed by atoms with Gasteiger partial charge in [-0.1, -0.05) is 32.3 Å². The first-order valence-corrected chi connectivity index (χ1v) is 8.08. The number of benzene rings is 1. The Hall–Kier alpha value is -1.22. The van der Waals surface area contributed by atoms with E-state index in [1.807, 2.05) is 18.2 Å². The second-order valence-electron chi connectivity index (χ2n) is 6.19. The first-order valence-electron chi connectivity index (χ1n) is 8.08. The molecule has 2 rings (SSSR count). The van der Waals surface area contributed by atoms with Gasteiger partial charge in [0.1, 0.15) is 0 Å². The minimum Gasteiger partial charge on any atom is -0.493 e. The lowest BCUT2D eigenvalue weighted by atomic mass is 9.85. The molecule has 0 saturated heterocycles. The molecule has 0 heterocycles. The summed E-state index contributed by atoms with van der Waals surface area (Å²) >= 11 is 0. The molecule has 3 heteroatoms. The Bertz CT molecular complexity index is 458. The van der Waals surface area contributed by atoms with Gasteiger partial charge in [-0.3, -0.25) is 0 Å². The normalized spacial score (nSPS) is 26.2. The fourth-order valence-corrected chi connectivity index (χ4v) is 3.51. The van der Waals surface area contributed by atoms with Crippen LogP contribution in [0.25, 0.3) is 0 Å². The first-order chi connectivity index (χ1) is 10.1. The second kappa shape index (κ2) is 7.17. The predicted octanol–water partition coefficient (Wildman–Crippen LogP) is 4.27. The van der Waals surface area contributed by atoms with Crippen molar-refractivity contribution in [1.82, 2.24) is 0 Å². The van der Waals surface area contributed by atoms with Crippen LogP contribution in [0.15, 0.2) is 18.2 Å². The van der Waals surface area contributed by atoms with Crippen LogP contribution in [0.4, 0.5) is 0 Å². The van der Waals surface area contributed by atoms with Crippen LogP contribution in [-0.4, -0.2) is 19.3 Å². The lowest BCUT2D eigenvalue weighted by molar-refractivity contribution is 0.0193. The monoisotopic (exact) mass is 292 g/mol. The highest BCUT2D eigenvalue weighted by molar-refractivity contribution is 5.44. The maximum Gasteiger partial charge on any atom is 0.161 e. The van der Waals surface area contributed by atoms with Gasteiger partial charge >= 0.3 is 0 Å². The SMILES string of the molecule is CCCC1CCCC(O)(c2ccc(OC)c(OC)c2)CC1. The van der Waals surface area contributed by atoms with Gasteiger partial charge in [0, 0.05) is 0 Å². The van der Waals surface area contributed by atoms with Crippen LogP contribution in [0.5, 0.6) is 11.5 Å². The summed E-state index contributed by atoms with van der Waals surface area (Å²) in [5.41, 5.74) is 0.236. The van der Waals surface area contributed by atoms with E-state index >= 15 is 0 Å². The zero-order valence-corrected chi connectivity index (χ0v) is 13.5. The van der Waals surface area contributed by atoms with Crippen LogP contribution in [0, 0.1) is 5.92 Å². The van der Waals surface area contributed by atoms with Crippen LogP contribution in [0.3, 0.4) is 0 Å². The molecule has 2 atom stereocenters. The lowest BCUT2D eigenvalue weighted by Gasteiger charge is -2.28. The molecule has 2 unspecified atom stereocenters. The van der Waals surface area contributed by atoms with E-state index < -0.39 is 5.60 Å². The van der Waals surface area contributed by atoms with Crippen LogP contribution in [0.2, 0.25) is 0 Å². The topological polar surface area (TPSA) is 38.7 Å². The van der Waals surface area contributed by atoms with E-state index in [2.05, 4.69) is 6.92 Å². The van der Waals surface area contributed by atoms with Crippen molar-refractivity contribution < 1.29 is 14.6 Å². The highest BCUT2D eigenvalue weighted by Crippen LogP contribution is 2.41. The molecule has 1 aliphatic carbocycles. The Labute approximate surface area is 128 Å². The van der Waals surface area contributed by atoms with Gasteiger partial charge < -0.3 is 14.6 Å². The molecule has 1 N–H and O–H groups in total. The second-order valence-corrected chi connectivity index (χ2v) is 6.19. The summed E-state index contributed by atoms with van der Waals surface area (Å²) < 4.78 is 10.6. The molecule has 0 amide bonds. The van der Waals surface area contributed by atoms with Crippen molar-refractivity contribution in [2.24, 2.45) is 5.92 Å². The fraction of sp³-hybridized carbons (Fsp3) is 0.667. The molecule has 0 radical (unpaired) electrons. The van der Waals surface area contributed by atoms with Crippen LogP contribution >= 0.6 is 0 Å². The Morgan fingerprint density at radius 1 is 1.14 bits per heavy atom. The average molecular weight is 292 g/mol. The van der Waals surface area contributed by atoms with E-state index in [4.69, 9.17) is 9.47 Å². The Morgan fingerprint density at radius 2 is 1.90 bits per heavy atom. The summed E-state index contributed by atoms with van der Waals surface area (Å²) in [7, 11) is 3.27. The van der Waals surface area contributed by atoms with Gasteiger partial charge in [-0.2, -0.15) is 0 Å². The molecule has 1 aromatic rings. The van der Waals surface area contributed by atoms with E-state index in [0.29, 0.717) is 11.5 Å². The molecule has 3 nitrogen and oxygen atoms in total. The molecule has 1 aliphatic rings. The number of rotatable bonds is 5. The summed E-state index contributed by atoms with van der Waals surface area (Å²) in [4.78, 5) is 0. The van der Waals surface area contributed by atoms with Crippen molar-refractivity contribution in [3.63, 3.8) is 0 Å². The molecular formula is C18H28O3. The Kier molecular flexibility index (Phi) is 5.51. The molecular weight excluding hydrogens is 264 g/mol. The van der Waals surface area contributed by atoms with Gasteiger partial charge in [-0.05, 0) is 49.3 Å². The van der Waals surface area contributed by atoms with Crippen molar-refractivity contribution in [3.8, 4) is 11.5 Å². The summed E-state index contributed by atoms with van der Waals surface area (Å²) in [6.07, 6.45) is 7.63. The summed E-state index contributed by atoms with van der Waals surface area (Å²) in [5.74, 6) is 2.17. The van der Waals surface area contributed by atoms with Crippen molar-refractivity contribution in [2.45, 2.75) is 57.5 Å². The van der Waals surface area contributed by atoms with E-state index in [-0.39, 0.29) is 0 Å². The maximum absolute atomic E-state index is 11.1. The zero-order chi connectivity index (χ0) is 15.3. The fourth-order valence-electron chi connectivity index (χ4n) is 3.51. The molecule has 1 fully saturated rings. The first kappa shape index (κ1) is 16.2. The number of ether oxygens (including phenoxy) is 2. The smallest absolute Gasteiger partial charge is 0.161 e. The van der Waals surface area contributed by atoms with E-state index in [1.165, 1.54) is 19.3 Å². The van der Waals surface area contributed by atoms with Gasteiger partial charge in [0.25, 0.3) is 0 Å². The molecule has 1 aromatic carbocycles. The molecule has 0 bridgehead atoms. The average Bonchev–Trinajstić information content (AvgIpc) is 2.70. The summed E-state index contributed by atoms with van der Waals surface area (Å²) in [6.45, 7) is 2.24. The quantitative estimate of drug-likeness (QED) is 0.824. The highest BCUT2D eigenvalue weighted by atomic mass is 16.5. The van der Waals surface area contributed by atoms with Crippen molar-refractivity contribution >= 4 is 0 Å². The molecule has 0 aromatic heterocycles. The highest BCUT2D eigenvalue weighted by Gasteiger charge is 2.33. The maximum atomic E-state index is 11.1. The van der Waals surface area contributed by atoms with Gasteiger partial charge in [0.15, 0.2) is 11.5 Å². The van der Waals surface area contributed by atoms with E-state index in [9.17, 15) is 5.11 Å². The van der Waals surface area contributed by atoms with Crippen LogP contribution in [0.1, 0.15) is 57.4 Å². The van der Waals surface area contributed by atoms with Crippen molar-refractivity contribution in [3.05, 3.63) is 23.8 Å². The molecule has 1 saturated carbocycles. The standard InChI is InChI=1S/C18H28O3/c1-4-6-14-7-5-11-18(19,12-10-14)15-8-9-16(20-2)17(13-15)21-3/h8-9,13-14,19H,4-7,10-12H2,1-3H3. The van der Waals surface area contributed by atoms with E-state index in [0.717, 1.165) is 37.2 Å². The molecule has 0 spiro atoms. The molecule has 21 heavy (non-hydrogen) atoms. The minimum absolute atomic E-state index is 0.692. The summed E-state index contributed by atoms with van der Waals surface area (Å²) in [6, 6.07) is 5.79. The van der Waals surface area contributed by atoms with Gasteiger partial charge in [0.05, 0.1) is 19.8 Å². The Balaban J connectivity index is 2.19. The molecule has 0 aliphatic heterocycles. The largest absolute Gasteiger partial charge is 0.493 e. The predicted molar refractivity (Wildman–Crippen MR) is 84.9 cm³/mol. The van der Waals surface area contributed by atoms with Crippen molar-refractivity contribution in [1.29, 1.82) is 0 Å². The van der Waals surface area contributed by atoms with Crippen molar-refractivity contribution in [2.75, 3.05) is 14.2 Å². The van der Waals surface area contributed by atoms with E-state index in [1.54, 1.807) is 14.2 Å². The minimum atomic E-state index is -0.720. The van der Waals surface area contributed by atoms with Crippen LogP contribution < -0.4 is 9.47 Å². The van der Waals surface area contributed by atoms with Gasteiger partial charge in [-0.25, -0.2) is 0 Å². The van der Waals surface area contributed by atoms with Crippen LogP contribution in [-0.2, 0) is 5.60 Å². The van der Waals surface area contributed by atoms with Gasteiger partial charge in [0.2, 0.25) is 0 Å². The number of aliphatic hydroxyl groups is 1.